The Hall–Kier alpha value is -3.67. The molecule has 0 aliphatic rings. The van der Waals surface area contributed by atoms with Gasteiger partial charge in [-0.25, -0.2) is 0 Å². The van der Waals surface area contributed by atoms with Crippen molar-refractivity contribution in [1.82, 2.24) is 0 Å². The minimum Gasteiger partial charge on any atom is -0.505 e. The predicted molar refractivity (Wildman–Crippen MR) is 104 cm³/mol. The average Bonchev–Trinajstić information content (AvgIpc) is 2.65. The predicted octanol–water partition coefficient (Wildman–Crippen LogP) is 4.66. The third kappa shape index (κ3) is 4.12. The first-order chi connectivity index (χ1) is 13.0. The highest BCUT2D eigenvalue weighted by molar-refractivity contribution is 5.88. The maximum Gasteiger partial charge on any atom is 0.311 e. The summed E-state index contributed by atoms with van der Waals surface area (Å²) < 4.78 is 0. The Labute approximate surface area is 156 Å². The van der Waals surface area contributed by atoms with E-state index in [1.165, 1.54) is 12.3 Å². The number of phenolic OH excluding ortho intramolecular Hbond substituents is 2. The van der Waals surface area contributed by atoms with Gasteiger partial charge in [0.25, 0.3) is 0 Å². The molecule has 3 rings (SSSR count). The smallest absolute Gasteiger partial charge is 0.311 e. The zero-order valence-electron chi connectivity index (χ0n) is 14.7. The second-order valence-corrected chi connectivity index (χ2v) is 6.17. The number of para-hydroxylation sites is 1. The summed E-state index contributed by atoms with van der Waals surface area (Å²) >= 11 is 0. The number of benzene rings is 3. The Morgan fingerprint density at radius 3 is 2.44 bits per heavy atom. The molecule has 0 bridgehead atoms. The van der Waals surface area contributed by atoms with Crippen molar-refractivity contribution in [2.75, 3.05) is 0 Å². The molecule has 2 N–H and O–H groups in total. The van der Waals surface area contributed by atoms with Crippen LogP contribution >= 0.6 is 0 Å². The summed E-state index contributed by atoms with van der Waals surface area (Å²) in [6.07, 6.45) is 1.81. The Morgan fingerprint density at radius 2 is 1.74 bits per heavy atom. The van der Waals surface area contributed by atoms with Gasteiger partial charge in [-0.2, -0.15) is 0 Å². The van der Waals surface area contributed by atoms with Crippen LogP contribution in [0.25, 0.3) is 0 Å². The van der Waals surface area contributed by atoms with Gasteiger partial charge in [-0.1, -0.05) is 42.5 Å². The van der Waals surface area contributed by atoms with E-state index in [0.717, 1.165) is 5.56 Å². The normalized spacial score (nSPS) is 11.0. The van der Waals surface area contributed by atoms with E-state index in [-0.39, 0.29) is 17.0 Å². The minimum atomic E-state index is -0.620. The molecule has 0 saturated heterocycles. The molecule has 0 heterocycles. The SMILES string of the molecule is Cc1cccc(N=Cc2cc(Cc3ccccc3)cc([N+](=O)[O-])c2O)c1O. The van der Waals surface area contributed by atoms with Gasteiger partial charge < -0.3 is 10.2 Å². The average molecular weight is 362 g/mol. The molecular weight excluding hydrogens is 344 g/mol. The first-order valence-corrected chi connectivity index (χ1v) is 8.32. The third-order valence-corrected chi connectivity index (χ3v) is 4.19. The second-order valence-electron chi connectivity index (χ2n) is 6.17. The van der Waals surface area contributed by atoms with Gasteiger partial charge in [-0.3, -0.25) is 15.1 Å². The van der Waals surface area contributed by atoms with Crippen molar-refractivity contribution >= 4 is 17.6 Å². The topological polar surface area (TPSA) is 96.0 Å². The number of nitro groups is 1. The van der Waals surface area contributed by atoms with E-state index in [0.29, 0.717) is 23.2 Å². The quantitative estimate of drug-likeness (QED) is 0.392. The molecule has 0 spiro atoms. The van der Waals surface area contributed by atoms with Gasteiger partial charge in [0.15, 0.2) is 0 Å². The number of phenols is 2. The number of aliphatic imine (C=N–C) groups is 1. The van der Waals surface area contributed by atoms with E-state index in [2.05, 4.69) is 4.99 Å². The fraction of sp³-hybridized carbons (Fsp3) is 0.0952. The van der Waals surface area contributed by atoms with Crippen molar-refractivity contribution in [1.29, 1.82) is 0 Å². The van der Waals surface area contributed by atoms with Gasteiger partial charge in [-0.15, -0.1) is 0 Å². The molecule has 0 saturated carbocycles. The van der Waals surface area contributed by atoms with E-state index in [9.17, 15) is 20.3 Å². The molecular formula is C21H18N2O4. The zero-order chi connectivity index (χ0) is 19.4. The fourth-order valence-electron chi connectivity index (χ4n) is 2.76. The number of hydrogen-bond donors (Lipinski definition) is 2. The van der Waals surface area contributed by atoms with Crippen LogP contribution in [0, 0.1) is 17.0 Å². The van der Waals surface area contributed by atoms with Gasteiger partial charge in [-0.05, 0) is 42.2 Å². The number of nitro benzene ring substituents is 1. The molecule has 0 fully saturated rings. The molecule has 6 heteroatoms. The van der Waals surface area contributed by atoms with Crippen LogP contribution in [-0.2, 0) is 6.42 Å². The Bertz CT molecular complexity index is 1010. The second kappa shape index (κ2) is 7.70. The van der Waals surface area contributed by atoms with Crippen molar-refractivity contribution in [3.8, 4) is 11.5 Å². The Balaban J connectivity index is 2.01. The monoisotopic (exact) mass is 362 g/mol. The van der Waals surface area contributed by atoms with Crippen LogP contribution in [-0.4, -0.2) is 21.4 Å². The molecule has 6 nitrogen and oxygen atoms in total. The zero-order valence-corrected chi connectivity index (χ0v) is 14.7. The lowest BCUT2D eigenvalue weighted by molar-refractivity contribution is -0.385. The van der Waals surface area contributed by atoms with E-state index in [4.69, 9.17) is 0 Å². The summed E-state index contributed by atoms with van der Waals surface area (Å²) in [5.41, 5.74) is 2.51. The molecule has 0 unspecified atom stereocenters. The van der Waals surface area contributed by atoms with Crippen molar-refractivity contribution in [3.63, 3.8) is 0 Å². The van der Waals surface area contributed by atoms with E-state index >= 15 is 0 Å². The van der Waals surface area contributed by atoms with Crippen molar-refractivity contribution in [3.05, 3.63) is 93.0 Å². The molecule has 0 amide bonds. The maximum atomic E-state index is 11.3. The van der Waals surface area contributed by atoms with Gasteiger partial charge in [0.1, 0.15) is 11.4 Å². The Kier molecular flexibility index (Phi) is 5.17. The van der Waals surface area contributed by atoms with Gasteiger partial charge in [0, 0.05) is 17.8 Å². The summed E-state index contributed by atoms with van der Waals surface area (Å²) in [5, 5.41) is 31.6. The fourth-order valence-corrected chi connectivity index (χ4v) is 2.76. The van der Waals surface area contributed by atoms with Crippen molar-refractivity contribution < 1.29 is 15.1 Å². The molecule has 0 aliphatic carbocycles. The number of hydrogen-bond acceptors (Lipinski definition) is 5. The van der Waals surface area contributed by atoms with Crippen LogP contribution in [0.15, 0.2) is 65.7 Å². The highest BCUT2D eigenvalue weighted by atomic mass is 16.6. The first-order valence-electron chi connectivity index (χ1n) is 8.32. The standard InChI is InChI=1S/C21H18N2O4/c1-14-6-5-9-18(20(14)24)22-13-17-11-16(10-15-7-3-2-4-8-15)12-19(21(17)25)23(26)27/h2-9,11-13,24-25H,10H2,1H3. The first kappa shape index (κ1) is 18.1. The van der Waals surface area contributed by atoms with Crippen molar-refractivity contribution in [2.24, 2.45) is 4.99 Å². The van der Waals surface area contributed by atoms with E-state index in [1.807, 2.05) is 30.3 Å². The number of nitrogens with zero attached hydrogens (tertiary/aromatic N) is 2. The summed E-state index contributed by atoms with van der Waals surface area (Å²) in [7, 11) is 0. The highest BCUT2D eigenvalue weighted by Gasteiger charge is 2.18. The number of aromatic hydroxyl groups is 2. The van der Waals surface area contributed by atoms with Gasteiger partial charge in [0.05, 0.1) is 4.92 Å². The van der Waals surface area contributed by atoms with Crippen LogP contribution in [0.1, 0.15) is 22.3 Å². The molecule has 0 aliphatic heterocycles. The molecule has 0 radical (unpaired) electrons. The van der Waals surface area contributed by atoms with Crippen LogP contribution in [0.5, 0.6) is 11.5 Å². The summed E-state index contributed by atoms with van der Waals surface area (Å²) in [5.74, 6) is -0.420. The summed E-state index contributed by atoms with van der Waals surface area (Å²) in [6.45, 7) is 1.75. The molecule has 136 valence electrons. The minimum absolute atomic E-state index is 0.0307. The molecule has 0 atom stereocenters. The largest absolute Gasteiger partial charge is 0.505 e. The van der Waals surface area contributed by atoms with Crippen LogP contribution in [0.3, 0.4) is 0 Å². The number of rotatable bonds is 5. The lowest BCUT2D eigenvalue weighted by Crippen LogP contribution is -1.97. The van der Waals surface area contributed by atoms with Crippen molar-refractivity contribution in [2.45, 2.75) is 13.3 Å². The van der Waals surface area contributed by atoms with Gasteiger partial charge in [0.2, 0.25) is 5.75 Å². The summed E-state index contributed by atoms with van der Waals surface area (Å²) in [4.78, 5) is 14.9. The van der Waals surface area contributed by atoms with E-state index in [1.54, 1.807) is 31.2 Å². The third-order valence-electron chi connectivity index (χ3n) is 4.19. The van der Waals surface area contributed by atoms with Crippen LogP contribution in [0.2, 0.25) is 0 Å². The summed E-state index contributed by atoms with van der Waals surface area (Å²) in [6, 6.07) is 17.7. The molecule has 3 aromatic carbocycles. The van der Waals surface area contributed by atoms with E-state index < -0.39 is 10.7 Å². The van der Waals surface area contributed by atoms with Crippen LogP contribution in [0.4, 0.5) is 11.4 Å². The Morgan fingerprint density at radius 1 is 1.00 bits per heavy atom. The maximum absolute atomic E-state index is 11.3. The number of aryl methyl sites for hydroxylation is 1. The lowest BCUT2D eigenvalue weighted by Gasteiger charge is -2.07. The highest BCUT2D eigenvalue weighted by Crippen LogP contribution is 2.33. The molecule has 3 aromatic rings. The molecule has 27 heavy (non-hydrogen) atoms. The van der Waals surface area contributed by atoms with Crippen LogP contribution < -0.4 is 0 Å². The lowest BCUT2D eigenvalue weighted by atomic mass is 10.0. The molecule has 0 aromatic heterocycles. The van der Waals surface area contributed by atoms with Gasteiger partial charge >= 0.3 is 5.69 Å².